The number of rotatable bonds is 38. The van der Waals surface area contributed by atoms with E-state index in [2.05, 4.69) is 13.8 Å². The van der Waals surface area contributed by atoms with Crippen molar-refractivity contribution in [3.8, 4) is 0 Å². The summed E-state index contributed by atoms with van der Waals surface area (Å²) < 4.78 is 0. The molecule has 0 aromatic rings. The number of carboxylic acids is 4. The van der Waals surface area contributed by atoms with Gasteiger partial charge in [-0.2, -0.15) is 0 Å². The summed E-state index contributed by atoms with van der Waals surface area (Å²) in [6.45, 7) is 4.51. The van der Waals surface area contributed by atoms with Crippen LogP contribution in [-0.2, 0) is 73.8 Å². The first-order valence-corrected chi connectivity index (χ1v) is 21.4. The molecule has 0 fully saturated rings. The molecular formula is C44H76Cd2O8. The molecule has 0 radical (unpaired) electrons. The van der Waals surface area contributed by atoms with Gasteiger partial charge in [0.2, 0.25) is 0 Å². The van der Waals surface area contributed by atoms with Gasteiger partial charge in [0, 0.05) is 0 Å². The topological polar surface area (TPSA) is 161 Å². The van der Waals surface area contributed by atoms with Crippen molar-refractivity contribution in [2.45, 2.75) is 232 Å². The minimum absolute atomic E-state index is 0. The molecule has 10 heteroatoms. The Hall–Kier alpha value is -0.796. The van der Waals surface area contributed by atoms with Gasteiger partial charge < -0.3 is 39.6 Å². The van der Waals surface area contributed by atoms with Crippen LogP contribution in [0.1, 0.15) is 232 Å². The molecule has 0 N–H and O–H groups in total. The summed E-state index contributed by atoms with van der Waals surface area (Å²) in [6.07, 6.45) is 41.9. The maximum atomic E-state index is 10.8. The van der Waals surface area contributed by atoms with Gasteiger partial charge in [-0.1, -0.05) is 206 Å². The first kappa shape index (κ1) is 59.9. The van der Waals surface area contributed by atoms with Crippen molar-refractivity contribution in [2.75, 3.05) is 0 Å². The zero-order chi connectivity index (χ0) is 38.9. The molecule has 0 spiro atoms. The number of carbonyl (C=O) groups excluding carboxylic acids is 4. The van der Waals surface area contributed by atoms with E-state index < -0.39 is 23.9 Å². The van der Waals surface area contributed by atoms with Crippen LogP contribution in [-0.4, -0.2) is 23.9 Å². The van der Waals surface area contributed by atoms with E-state index in [1.807, 2.05) is 0 Å². The quantitative estimate of drug-likeness (QED) is 0.0341. The van der Waals surface area contributed by atoms with Crippen LogP contribution in [0.3, 0.4) is 0 Å². The molecule has 0 aliphatic heterocycles. The summed E-state index contributed by atoms with van der Waals surface area (Å²) in [6, 6.07) is 0. The van der Waals surface area contributed by atoms with E-state index in [0.717, 1.165) is 25.7 Å². The average molecular weight is 958 g/mol. The Balaban J connectivity index is -0.000000446. The second kappa shape index (κ2) is 48.4. The monoisotopic (exact) mass is 960 g/mol. The van der Waals surface area contributed by atoms with Crippen LogP contribution in [0.4, 0.5) is 0 Å². The van der Waals surface area contributed by atoms with Gasteiger partial charge in [0.05, 0.1) is 23.9 Å². The Morgan fingerprint density at radius 2 is 0.481 bits per heavy atom. The van der Waals surface area contributed by atoms with Crippen molar-refractivity contribution in [3.63, 3.8) is 0 Å². The SMILES string of the molecule is CCCCCCCCCCCCCCCCCC/C(=C/C(=O)[O-])C(=O)[O-].CCCCCCCCCCCCCCCCCC/C(=C/C(=O)[O-])C(=O)[O-].[Cd+2].[Cd+2]. The van der Waals surface area contributed by atoms with Crippen molar-refractivity contribution < 1.29 is 94.2 Å². The van der Waals surface area contributed by atoms with Gasteiger partial charge in [-0.3, -0.25) is 0 Å². The Labute approximate surface area is 370 Å². The molecule has 0 aliphatic carbocycles. The summed E-state index contributed by atoms with van der Waals surface area (Å²) in [5, 5.41) is 42.3. The molecule has 0 aromatic heterocycles. The summed E-state index contributed by atoms with van der Waals surface area (Å²) in [5.74, 6) is -5.76. The van der Waals surface area contributed by atoms with Crippen LogP contribution in [0, 0.1) is 0 Å². The summed E-state index contributed by atoms with van der Waals surface area (Å²) >= 11 is 0. The summed E-state index contributed by atoms with van der Waals surface area (Å²) in [4.78, 5) is 42.3. The van der Waals surface area contributed by atoms with Crippen LogP contribution >= 0.6 is 0 Å². The summed E-state index contributed by atoms with van der Waals surface area (Å²) in [5.41, 5.74) is -0.342. The maximum Gasteiger partial charge on any atom is 2.00 e. The van der Waals surface area contributed by atoms with E-state index in [1.165, 1.54) is 167 Å². The first-order chi connectivity index (χ1) is 25.1. The number of aliphatic carboxylic acids is 4. The summed E-state index contributed by atoms with van der Waals surface area (Å²) in [7, 11) is 0. The van der Waals surface area contributed by atoms with Crippen molar-refractivity contribution >= 4 is 23.9 Å². The number of carbonyl (C=O) groups is 4. The molecule has 0 aromatic carbocycles. The smallest absolute Gasteiger partial charge is 0.545 e. The molecular weight excluding hydrogens is 881 g/mol. The second-order valence-electron chi connectivity index (χ2n) is 14.7. The first-order valence-electron chi connectivity index (χ1n) is 21.4. The third-order valence-corrected chi connectivity index (χ3v) is 9.71. The Bertz CT molecular complexity index is 862. The fraction of sp³-hybridized carbons (Fsp3) is 0.818. The van der Waals surface area contributed by atoms with E-state index in [-0.39, 0.29) is 78.6 Å². The molecule has 0 aliphatic rings. The molecule has 8 nitrogen and oxygen atoms in total. The fourth-order valence-electron chi connectivity index (χ4n) is 6.48. The molecule has 0 saturated carbocycles. The molecule has 0 saturated heterocycles. The molecule has 0 unspecified atom stereocenters. The van der Waals surface area contributed by atoms with Crippen LogP contribution in [0.25, 0.3) is 0 Å². The van der Waals surface area contributed by atoms with Crippen molar-refractivity contribution in [1.29, 1.82) is 0 Å². The van der Waals surface area contributed by atoms with Crippen LogP contribution < -0.4 is 20.4 Å². The minimum atomic E-state index is -1.47. The van der Waals surface area contributed by atoms with Gasteiger partial charge in [0.1, 0.15) is 0 Å². The maximum absolute atomic E-state index is 10.8. The van der Waals surface area contributed by atoms with Crippen LogP contribution in [0.15, 0.2) is 23.3 Å². The third kappa shape index (κ3) is 49.2. The zero-order valence-electron chi connectivity index (χ0n) is 34.9. The predicted octanol–water partition coefficient (Wildman–Crippen LogP) is 8.12. The van der Waals surface area contributed by atoms with Gasteiger partial charge in [-0.05, 0) is 49.0 Å². The Morgan fingerprint density at radius 3 is 0.630 bits per heavy atom. The molecule has 0 rings (SSSR count). The zero-order valence-corrected chi connectivity index (χ0v) is 42.9. The van der Waals surface area contributed by atoms with Crippen LogP contribution in [0.5, 0.6) is 0 Å². The van der Waals surface area contributed by atoms with Crippen molar-refractivity contribution in [1.82, 2.24) is 0 Å². The van der Waals surface area contributed by atoms with Gasteiger partial charge >= 0.3 is 54.6 Å². The Morgan fingerprint density at radius 1 is 0.315 bits per heavy atom. The molecule has 0 heterocycles. The Kier molecular flexibility index (Phi) is 53.6. The van der Waals surface area contributed by atoms with Gasteiger partial charge in [-0.15, -0.1) is 0 Å². The number of unbranched alkanes of at least 4 members (excludes halogenated alkanes) is 30. The van der Waals surface area contributed by atoms with Gasteiger partial charge in [0.25, 0.3) is 0 Å². The molecule has 0 bridgehead atoms. The van der Waals surface area contributed by atoms with Gasteiger partial charge in [0.15, 0.2) is 0 Å². The minimum Gasteiger partial charge on any atom is -0.545 e. The third-order valence-electron chi connectivity index (χ3n) is 9.71. The molecule has 0 amide bonds. The van der Waals surface area contributed by atoms with E-state index in [9.17, 15) is 39.6 Å². The predicted molar refractivity (Wildman–Crippen MR) is 205 cm³/mol. The largest absolute Gasteiger partial charge is 2.00 e. The van der Waals surface area contributed by atoms with E-state index in [1.54, 1.807) is 0 Å². The van der Waals surface area contributed by atoms with Gasteiger partial charge in [-0.25, -0.2) is 0 Å². The van der Waals surface area contributed by atoms with Crippen molar-refractivity contribution in [3.05, 3.63) is 23.3 Å². The van der Waals surface area contributed by atoms with E-state index in [4.69, 9.17) is 0 Å². The number of hydrogen-bond donors (Lipinski definition) is 0. The van der Waals surface area contributed by atoms with E-state index >= 15 is 0 Å². The number of carboxylic acid groups (broad SMARTS) is 4. The molecule has 54 heavy (non-hydrogen) atoms. The average Bonchev–Trinajstić information content (AvgIpc) is 3.10. The standard InChI is InChI=1S/2C22H40O4.2Cd/c2*1-2-3-4-5-6-7-8-9-10-11-12-13-14-15-16-17-18-20(22(25)26)19-21(23)24;;/h2*19H,2-18H2,1H3,(H,23,24)(H,25,26);;/q;;2*+2/p-4/b2*20-19-;;. The fourth-order valence-corrected chi connectivity index (χ4v) is 6.48. The van der Waals surface area contributed by atoms with Crippen LogP contribution in [0.2, 0.25) is 0 Å². The second-order valence-corrected chi connectivity index (χ2v) is 14.7. The van der Waals surface area contributed by atoms with E-state index in [0.29, 0.717) is 25.0 Å². The molecule has 304 valence electrons. The normalized spacial score (nSPS) is 11.2. The number of hydrogen-bond acceptors (Lipinski definition) is 8. The molecule has 0 atom stereocenters. The van der Waals surface area contributed by atoms with Crippen molar-refractivity contribution in [2.24, 2.45) is 0 Å².